The third kappa shape index (κ3) is 5.37. The predicted octanol–water partition coefficient (Wildman–Crippen LogP) is 2.06. The second kappa shape index (κ2) is 9.11. The van der Waals surface area contributed by atoms with E-state index >= 15 is 0 Å². The van der Waals surface area contributed by atoms with Crippen LogP contribution >= 0.6 is 12.4 Å². The van der Waals surface area contributed by atoms with Gasteiger partial charge >= 0.3 is 0 Å². The minimum Gasteiger partial charge on any atom is -0.491 e. The number of amides is 1. The molecule has 1 aliphatic rings. The fourth-order valence-electron chi connectivity index (χ4n) is 2.63. The number of nitrogens with one attached hydrogen (secondary N) is 1. The van der Waals surface area contributed by atoms with Gasteiger partial charge < -0.3 is 20.5 Å². The van der Waals surface area contributed by atoms with Crippen LogP contribution < -0.4 is 15.8 Å². The molecular weight excluding hydrogens is 316 g/mol. The van der Waals surface area contributed by atoms with Crippen molar-refractivity contribution in [3.05, 3.63) is 29.8 Å². The van der Waals surface area contributed by atoms with Gasteiger partial charge in [-0.05, 0) is 44.4 Å². The van der Waals surface area contributed by atoms with E-state index in [0.717, 1.165) is 11.3 Å². The monoisotopic (exact) mass is 342 g/mol. The lowest BCUT2D eigenvalue weighted by Crippen LogP contribution is -2.52. The van der Waals surface area contributed by atoms with Crippen LogP contribution in [0.3, 0.4) is 0 Å². The van der Waals surface area contributed by atoms with Gasteiger partial charge in [0.15, 0.2) is 0 Å². The number of carbonyl (C=O) groups excluding carboxylic acids is 1. The first-order valence-corrected chi connectivity index (χ1v) is 7.84. The molecule has 130 valence electrons. The molecule has 1 amide bonds. The Morgan fingerprint density at radius 3 is 2.74 bits per heavy atom. The lowest BCUT2D eigenvalue weighted by Gasteiger charge is -2.35. The van der Waals surface area contributed by atoms with Crippen molar-refractivity contribution in [1.29, 1.82) is 0 Å². The maximum absolute atomic E-state index is 12.5. The first kappa shape index (κ1) is 19.7. The zero-order valence-corrected chi connectivity index (χ0v) is 14.7. The summed E-state index contributed by atoms with van der Waals surface area (Å²) in [5.74, 6) is 0.833. The van der Waals surface area contributed by atoms with Gasteiger partial charge in [-0.2, -0.15) is 0 Å². The molecule has 5 nitrogen and oxygen atoms in total. The molecule has 1 heterocycles. The van der Waals surface area contributed by atoms with E-state index in [1.165, 1.54) is 0 Å². The van der Waals surface area contributed by atoms with E-state index in [1.807, 2.05) is 38.1 Å². The second-order valence-electron chi connectivity index (χ2n) is 6.10. The van der Waals surface area contributed by atoms with E-state index in [0.29, 0.717) is 39.2 Å². The third-order valence-electron chi connectivity index (χ3n) is 4.19. The molecule has 1 fully saturated rings. The topological polar surface area (TPSA) is 73.6 Å². The molecule has 0 saturated carbocycles. The largest absolute Gasteiger partial charge is 0.491 e. The number of rotatable bonds is 6. The summed E-state index contributed by atoms with van der Waals surface area (Å²) in [4.78, 5) is 12.5. The van der Waals surface area contributed by atoms with Crippen LogP contribution in [0.1, 0.15) is 25.3 Å². The Kier molecular flexibility index (Phi) is 7.82. The number of benzene rings is 1. The van der Waals surface area contributed by atoms with Gasteiger partial charge in [-0.15, -0.1) is 12.4 Å². The lowest BCUT2D eigenvalue weighted by atomic mass is 9.79. The highest BCUT2D eigenvalue weighted by molar-refractivity contribution is 5.85. The van der Waals surface area contributed by atoms with Crippen LogP contribution in [0.4, 0.5) is 0 Å². The maximum atomic E-state index is 12.5. The first-order valence-electron chi connectivity index (χ1n) is 7.84. The van der Waals surface area contributed by atoms with Gasteiger partial charge in [0.05, 0.1) is 11.5 Å². The Hall–Kier alpha value is -1.30. The predicted molar refractivity (Wildman–Crippen MR) is 93.1 cm³/mol. The maximum Gasteiger partial charge on any atom is 0.227 e. The highest BCUT2D eigenvalue weighted by Crippen LogP contribution is 2.29. The highest BCUT2D eigenvalue weighted by Gasteiger charge is 2.39. The van der Waals surface area contributed by atoms with Crippen molar-refractivity contribution >= 4 is 18.3 Å². The SMILES string of the molecule is Cc1cccc(OCC(C)NC(=O)C2(CN)CCOCC2)c1.Cl. The van der Waals surface area contributed by atoms with Gasteiger partial charge in [-0.25, -0.2) is 0 Å². The van der Waals surface area contributed by atoms with E-state index in [9.17, 15) is 4.79 Å². The molecule has 1 aromatic carbocycles. The minimum absolute atomic E-state index is 0. The number of hydrogen-bond donors (Lipinski definition) is 2. The Bertz CT molecular complexity index is 504. The molecule has 0 bridgehead atoms. The molecule has 0 spiro atoms. The average molecular weight is 343 g/mol. The fourth-order valence-corrected chi connectivity index (χ4v) is 2.63. The number of ether oxygens (including phenoxy) is 2. The molecule has 1 aromatic rings. The van der Waals surface area contributed by atoms with E-state index in [-0.39, 0.29) is 24.4 Å². The Morgan fingerprint density at radius 2 is 2.13 bits per heavy atom. The zero-order chi connectivity index (χ0) is 16.0. The molecular formula is C17H27ClN2O3. The van der Waals surface area contributed by atoms with Crippen LogP contribution in [0, 0.1) is 12.3 Å². The van der Waals surface area contributed by atoms with Crippen molar-refractivity contribution in [2.75, 3.05) is 26.4 Å². The van der Waals surface area contributed by atoms with Gasteiger partial charge in [0, 0.05) is 19.8 Å². The molecule has 0 aliphatic carbocycles. The Balaban J connectivity index is 0.00000264. The van der Waals surface area contributed by atoms with Crippen LogP contribution in [0.25, 0.3) is 0 Å². The summed E-state index contributed by atoms with van der Waals surface area (Å²) in [6.45, 7) is 5.95. The molecule has 1 aliphatic heterocycles. The molecule has 2 rings (SSSR count). The standard InChI is InChI=1S/C17H26N2O3.ClH/c1-13-4-3-5-15(10-13)22-11-14(2)19-16(20)17(12-18)6-8-21-9-7-17;/h3-5,10,14H,6-9,11-12,18H2,1-2H3,(H,19,20);1H. The summed E-state index contributed by atoms with van der Waals surface area (Å²) in [7, 11) is 0. The van der Waals surface area contributed by atoms with E-state index in [4.69, 9.17) is 15.2 Å². The van der Waals surface area contributed by atoms with Crippen molar-refractivity contribution in [3.8, 4) is 5.75 Å². The Labute approximate surface area is 144 Å². The van der Waals surface area contributed by atoms with Gasteiger partial charge in [0.1, 0.15) is 12.4 Å². The summed E-state index contributed by atoms with van der Waals surface area (Å²) < 4.78 is 11.1. The number of carbonyl (C=O) groups is 1. The van der Waals surface area contributed by atoms with Crippen molar-refractivity contribution < 1.29 is 14.3 Å². The van der Waals surface area contributed by atoms with Gasteiger partial charge in [0.25, 0.3) is 0 Å². The van der Waals surface area contributed by atoms with E-state index in [2.05, 4.69) is 5.32 Å². The van der Waals surface area contributed by atoms with E-state index < -0.39 is 5.41 Å². The van der Waals surface area contributed by atoms with Crippen molar-refractivity contribution in [2.45, 2.75) is 32.7 Å². The fraction of sp³-hybridized carbons (Fsp3) is 0.588. The first-order chi connectivity index (χ1) is 10.6. The number of halogens is 1. The van der Waals surface area contributed by atoms with Crippen molar-refractivity contribution in [1.82, 2.24) is 5.32 Å². The molecule has 1 saturated heterocycles. The van der Waals surface area contributed by atoms with Gasteiger partial charge in [-0.3, -0.25) is 4.79 Å². The van der Waals surface area contributed by atoms with Crippen LogP contribution in [0.2, 0.25) is 0 Å². The normalized spacial score (nSPS) is 17.7. The number of nitrogens with two attached hydrogens (primary N) is 1. The van der Waals surface area contributed by atoms with Gasteiger partial charge in [0.2, 0.25) is 5.91 Å². The summed E-state index contributed by atoms with van der Waals surface area (Å²) in [6.07, 6.45) is 1.36. The molecule has 0 radical (unpaired) electrons. The molecule has 3 N–H and O–H groups in total. The number of hydrogen-bond acceptors (Lipinski definition) is 4. The Morgan fingerprint density at radius 1 is 1.43 bits per heavy atom. The summed E-state index contributed by atoms with van der Waals surface area (Å²) in [5, 5.41) is 3.03. The van der Waals surface area contributed by atoms with Crippen LogP contribution in [0.15, 0.2) is 24.3 Å². The zero-order valence-electron chi connectivity index (χ0n) is 13.8. The third-order valence-corrected chi connectivity index (χ3v) is 4.19. The molecule has 0 aromatic heterocycles. The van der Waals surface area contributed by atoms with Crippen molar-refractivity contribution in [3.63, 3.8) is 0 Å². The van der Waals surface area contributed by atoms with E-state index in [1.54, 1.807) is 0 Å². The highest BCUT2D eigenvalue weighted by atomic mass is 35.5. The molecule has 1 atom stereocenters. The quantitative estimate of drug-likeness (QED) is 0.830. The molecule has 1 unspecified atom stereocenters. The lowest BCUT2D eigenvalue weighted by molar-refractivity contribution is -0.136. The van der Waals surface area contributed by atoms with Gasteiger partial charge in [-0.1, -0.05) is 12.1 Å². The molecule has 23 heavy (non-hydrogen) atoms. The summed E-state index contributed by atoms with van der Waals surface area (Å²) >= 11 is 0. The average Bonchev–Trinajstić information content (AvgIpc) is 2.53. The number of aryl methyl sites for hydroxylation is 1. The smallest absolute Gasteiger partial charge is 0.227 e. The van der Waals surface area contributed by atoms with Crippen LogP contribution in [-0.4, -0.2) is 38.3 Å². The van der Waals surface area contributed by atoms with Crippen LogP contribution in [-0.2, 0) is 9.53 Å². The summed E-state index contributed by atoms with van der Waals surface area (Å²) in [5.41, 5.74) is 6.51. The summed E-state index contributed by atoms with van der Waals surface area (Å²) in [6, 6.07) is 7.81. The van der Waals surface area contributed by atoms with Crippen molar-refractivity contribution in [2.24, 2.45) is 11.1 Å². The van der Waals surface area contributed by atoms with Crippen LogP contribution in [0.5, 0.6) is 5.75 Å². The second-order valence-corrected chi connectivity index (χ2v) is 6.10. The minimum atomic E-state index is -0.490. The molecule has 6 heteroatoms.